The molecule has 0 saturated heterocycles. The fraction of sp³-hybridized carbons (Fsp3) is 0. The van der Waals surface area contributed by atoms with Crippen molar-refractivity contribution >= 4 is 41.3 Å². The Labute approximate surface area is 191 Å². The third-order valence-corrected chi connectivity index (χ3v) is 5.13. The van der Waals surface area contributed by atoms with Gasteiger partial charge in [0.2, 0.25) is 0 Å². The normalized spacial score (nSPS) is 13.6. The Morgan fingerprint density at radius 2 is 1.12 bits per heavy atom. The van der Waals surface area contributed by atoms with E-state index in [-0.39, 0.29) is 33.4 Å². The summed E-state index contributed by atoms with van der Waals surface area (Å²) >= 11 is 0. The van der Waals surface area contributed by atoms with Crippen LogP contribution >= 0.6 is 0 Å². The minimum atomic E-state index is -1.13. The summed E-state index contributed by atoms with van der Waals surface area (Å²) in [6.07, 6.45) is 0. The van der Waals surface area contributed by atoms with E-state index in [0.29, 0.717) is 5.69 Å². The first-order valence-corrected chi connectivity index (χ1v) is 9.73. The van der Waals surface area contributed by atoms with Gasteiger partial charge in [-0.15, -0.1) is 0 Å². The third kappa shape index (κ3) is 3.79. The summed E-state index contributed by atoms with van der Waals surface area (Å²) in [5.41, 5.74) is 1.14. The molecule has 10 nitrogen and oxygen atoms in total. The number of carboxylic acids is 2. The van der Waals surface area contributed by atoms with Gasteiger partial charge in [-0.25, -0.2) is 14.5 Å². The van der Waals surface area contributed by atoms with Crippen LogP contribution < -0.4 is 10.2 Å². The van der Waals surface area contributed by atoms with Gasteiger partial charge in [0.05, 0.1) is 39.1 Å². The van der Waals surface area contributed by atoms with Gasteiger partial charge in [-0.05, 0) is 48.5 Å². The van der Waals surface area contributed by atoms with Crippen molar-refractivity contribution < 1.29 is 39.0 Å². The molecular weight excluding hydrogens is 444 g/mol. The number of rotatable bonds is 3. The van der Waals surface area contributed by atoms with Gasteiger partial charge in [0.15, 0.2) is 0 Å². The molecule has 0 radical (unpaired) electrons. The Hall–Kier alpha value is -5.12. The Morgan fingerprint density at radius 1 is 0.618 bits per heavy atom. The Kier molecular flexibility index (Phi) is 5.48. The lowest BCUT2D eigenvalue weighted by Crippen LogP contribution is -2.29. The second kappa shape index (κ2) is 8.43. The van der Waals surface area contributed by atoms with E-state index >= 15 is 0 Å². The van der Waals surface area contributed by atoms with Gasteiger partial charge in [0.25, 0.3) is 23.6 Å². The summed E-state index contributed by atoms with van der Waals surface area (Å²) in [5.74, 6) is -4.23. The highest BCUT2D eigenvalue weighted by atomic mass is 16.4. The molecule has 0 bridgehead atoms. The highest BCUT2D eigenvalue weighted by molar-refractivity contribution is 6.34. The molecule has 168 valence electrons. The number of nitrogens with one attached hydrogen (secondary N) is 1. The first-order chi connectivity index (χ1) is 16.2. The molecule has 3 N–H and O–H groups in total. The lowest BCUT2D eigenvalue weighted by molar-refractivity contribution is 0.0686. The predicted octanol–water partition coefficient (Wildman–Crippen LogP) is 2.45. The zero-order valence-corrected chi connectivity index (χ0v) is 17.1. The van der Waals surface area contributed by atoms with Crippen LogP contribution in [0.4, 0.5) is 5.69 Å². The molecule has 2 aliphatic rings. The smallest absolute Gasteiger partial charge is 0.335 e. The third-order valence-electron chi connectivity index (χ3n) is 5.13. The maximum atomic E-state index is 12.3. The molecule has 2 aliphatic heterocycles. The molecule has 10 heteroatoms. The largest absolute Gasteiger partial charge is 0.478 e. The van der Waals surface area contributed by atoms with Gasteiger partial charge < -0.3 is 10.2 Å². The van der Waals surface area contributed by atoms with Crippen molar-refractivity contribution in [1.82, 2.24) is 5.32 Å². The molecule has 0 spiro atoms. The second-order valence-electron chi connectivity index (χ2n) is 7.20. The number of fused-ring (bicyclic) bond motifs is 2. The summed E-state index contributed by atoms with van der Waals surface area (Å²) < 4.78 is 0. The number of carbonyl (C=O) groups is 6. The number of para-hydroxylation sites is 1. The number of imide groups is 2. The molecule has 34 heavy (non-hydrogen) atoms. The summed E-state index contributed by atoms with van der Waals surface area (Å²) in [4.78, 5) is 69.3. The first kappa shape index (κ1) is 22.1. The standard InChI is InChI=1S/C15H9NO4.C9H5NO4/c17-13-11-7-6-9(15(19)20)8-12(11)14(18)16(13)10-4-2-1-3-5-10;11-7-5-2-1-4(9(13)14)3-6(5)8(12)10-7/h1-8H,(H,19,20);1-3H,(H,13,14)(H,10,11,12). The van der Waals surface area contributed by atoms with Crippen LogP contribution in [-0.4, -0.2) is 45.8 Å². The number of benzene rings is 3. The summed E-state index contributed by atoms with van der Waals surface area (Å²) in [5, 5.41) is 19.7. The van der Waals surface area contributed by atoms with E-state index in [2.05, 4.69) is 5.32 Å². The van der Waals surface area contributed by atoms with E-state index in [0.717, 1.165) is 4.90 Å². The van der Waals surface area contributed by atoms with E-state index < -0.39 is 35.6 Å². The van der Waals surface area contributed by atoms with Crippen LogP contribution in [0.5, 0.6) is 0 Å². The van der Waals surface area contributed by atoms with E-state index in [1.165, 1.54) is 36.4 Å². The maximum Gasteiger partial charge on any atom is 0.335 e. The van der Waals surface area contributed by atoms with Gasteiger partial charge in [0, 0.05) is 0 Å². The van der Waals surface area contributed by atoms with E-state index in [1.807, 2.05) is 0 Å². The van der Waals surface area contributed by atoms with Crippen molar-refractivity contribution in [3.05, 3.63) is 100 Å². The molecule has 0 aliphatic carbocycles. The predicted molar refractivity (Wildman–Crippen MR) is 116 cm³/mol. The summed E-state index contributed by atoms with van der Waals surface area (Å²) in [6, 6.07) is 16.3. The zero-order chi connectivity index (χ0) is 24.6. The van der Waals surface area contributed by atoms with Crippen molar-refractivity contribution in [2.45, 2.75) is 0 Å². The van der Waals surface area contributed by atoms with Crippen LogP contribution in [0.3, 0.4) is 0 Å². The Morgan fingerprint density at radius 3 is 1.71 bits per heavy atom. The highest BCUT2D eigenvalue weighted by Gasteiger charge is 2.37. The van der Waals surface area contributed by atoms with Crippen LogP contribution in [0, 0.1) is 0 Å². The van der Waals surface area contributed by atoms with Gasteiger partial charge in [-0.1, -0.05) is 18.2 Å². The highest BCUT2D eigenvalue weighted by Crippen LogP contribution is 2.28. The topological polar surface area (TPSA) is 158 Å². The average molecular weight is 458 g/mol. The Bertz CT molecular complexity index is 1410. The lowest BCUT2D eigenvalue weighted by Gasteiger charge is -2.13. The van der Waals surface area contributed by atoms with Crippen molar-refractivity contribution in [1.29, 1.82) is 0 Å². The lowest BCUT2D eigenvalue weighted by atomic mass is 10.1. The molecule has 0 fully saturated rings. The quantitative estimate of drug-likeness (QED) is 0.505. The number of carbonyl (C=O) groups excluding carboxylic acids is 4. The number of nitrogens with zero attached hydrogens (tertiary/aromatic N) is 1. The first-order valence-electron chi connectivity index (χ1n) is 9.73. The number of aromatic carboxylic acids is 2. The number of carboxylic acid groups (broad SMARTS) is 2. The molecule has 0 saturated carbocycles. The monoisotopic (exact) mass is 458 g/mol. The minimum Gasteiger partial charge on any atom is -0.478 e. The van der Waals surface area contributed by atoms with Crippen LogP contribution in [-0.2, 0) is 0 Å². The van der Waals surface area contributed by atoms with Gasteiger partial charge in [0.1, 0.15) is 0 Å². The molecule has 0 unspecified atom stereocenters. The van der Waals surface area contributed by atoms with E-state index in [9.17, 15) is 28.8 Å². The van der Waals surface area contributed by atoms with Crippen molar-refractivity contribution in [2.24, 2.45) is 0 Å². The molecule has 3 aromatic rings. The molecule has 0 aromatic heterocycles. The van der Waals surface area contributed by atoms with Crippen LogP contribution in [0.25, 0.3) is 0 Å². The molecule has 2 heterocycles. The van der Waals surface area contributed by atoms with Crippen molar-refractivity contribution in [3.8, 4) is 0 Å². The average Bonchev–Trinajstić information content (AvgIpc) is 3.26. The Balaban J connectivity index is 0.000000172. The molecule has 3 aromatic carbocycles. The van der Waals surface area contributed by atoms with Crippen LogP contribution in [0.15, 0.2) is 66.7 Å². The van der Waals surface area contributed by atoms with Gasteiger partial charge >= 0.3 is 11.9 Å². The molecular formula is C24H14N2O8. The summed E-state index contributed by atoms with van der Waals surface area (Å²) in [7, 11) is 0. The zero-order valence-electron chi connectivity index (χ0n) is 17.1. The van der Waals surface area contributed by atoms with Crippen molar-refractivity contribution in [2.75, 3.05) is 4.90 Å². The van der Waals surface area contributed by atoms with Gasteiger partial charge in [-0.3, -0.25) is 24.5 Å². The second-order valence-corrected chi connectivity index (χ2v) is 7.20. The maximum absolute atomic E-state index is 12.3. The SMILES string of the molecule is O=C(O)c1ccc2c(c1)C(=O)N(c1ccccc1)C2=O.O=C(O)c1ccc2c(c1)C(=O)NC2=O. The molecule has 4 amide bonds. The number of hydrogen-bond acceptors (Lipinski definition) is 6. The van der Waals surface area contributed by atoms with E-state index in [1.54, 1.807) is 30.3 Å². The minimum absolute atomic E-state index is 0.00593. The fourth-order valence-electron chi connectivity index (χ4n) is 3.49. The van der Waals surface area contributed by atoms with E-state index in [4.69, 9.17) is 10.2 Å². The summed E-state index contributed by atoms with van der Waals surface area (Å²) in [6.45, 7) is 0. The molecule has 0 atom stereocenters. The van der Waals surface area contributed by atoms with Crippen LogP contribution in [0.2, 0.25) is 0 Å². The number of amides is 4. The van der Waals surface area contributed by atoms with Crippen LogP contribution in [0.1, 0.15) is 62.1 Å². The van der Waals surface area contributed by atoms with Crippen molar-refractivity contribution in [3.63, 3.8) is 0 Å². The van der Waals surface area contributed by atoms with Gasteiger partial charge in [-0.2, -0.15) is 0 Å². The number of hydrogen-bond donors (Lipinski definition) is 3. The molecule has 5 rings (SSSR count). The number of anilines is 1. The fourth-order valence-corrected chi connectivity index (χ4v) is 3.49.